The van der Waals surface area contributed by atoms with Crippen molar-refractivity contribution >= 4 is 5.91 Å². The Kier molecular flexibility index (Phi) is 6.62. The Bertz CT molecular complexity index is 865. The van der Waals surface area contributed by atoms with Crippen molar-refractivity contribution < 1.29 is 13.9 Å². The van der Waals surface area contributed by atoms with E-state index in [1.54, 1.807) is 41.3 Å². The number of carbonyl (C=O) groups excluding carboxylic acids is 1. The van der Waals surface area contributed by atoms with E-state index < -0.39 is 6.04 Å². The molecule has 1 unspecified atom stereocenters. The number of benzene rings is 2. The highest BCUT2D eigenvalue weighted by Crippen LogP contribution is 2.22. The van der Waals surface area contributed by atoms with Gasteiger partial charge in [-0.05, 0) is 43.0 Å². The van der Waals surface area contributed by atoms with E-state index in [2.05, 4.69) is 6.07 Å². The van der Waals surface area contributed by atoms with Gasteiger partial charge in [0.1, 0.15) is 24.2 Å². The molecule has 1 aliphatic heterocycles. The van der Waals surface area contributed by atoms with Gasteiger partial charge in [0.05, 0.1) is 11.6 Å². The Balaban J connectivity index is 1.55. The average Bonchev–Trinajstić information content (AvgIpc) is 3.17. The predicted octanol–water partition coefficient (Wildman–Crippen LogP) is 3.03. The fourth-order valence-electron chi connectivity index (χ4n) is 3.57. The number of nitrogens with two attached hydrogens (primary N) is 1. The number of nitriles is 1. The summed E-state index contributed by atoms with van der Waals surface area (Å²) in [7, 11) is 0. The van der Waals surface area contributed by atoms with Crippen molar-refractivity contribution in [1.29, 1.82) is 5.26 Å². The van der Waals surface area contributed by atoms with E-state index in [-0.39, 0.29) is 24.2 Å². The quantitative estimate of drug-likeness (QED) is 0.800. The van der Waals surface area contributed by atoms with Crippen molar-refractivity contribution in [2.45, 2.75) is 37.8 Å². The molecular formula is C22H24FN3O2. The van der Waals surface area contributed by atoms with Crippen LogP contribution in [0, 0.1) is 17.1 Å². The number of likely N-dealkylation sites (tertiary alicyclic amines) is 1. The number of rotatable bonds is 7. The van der Waals surface area contributed by atoms with Crippen molar-refractivity contribution in [3.8, 4) is 11.8 Å². The van der Waals surface area contributed by atoms with Crippen LogP contribution < -0.4 is 10.5 Å². The normalized spacial score (nSPS) is 17.2. The van der Waals surface area contributed by atoms with Gasteiger partial charge in [-0.15, -0.1) is 0 Å². The summed E-state index contributed by atoms with van der Waals surface area (Å²) in [6.07, 6.45) is 2.24. The molecule has 0 bridgehead atoms. The number of ether oxygens (including phenoxy) is 1. The molecule has 0 aromatic heterocycles. The minimum Gasteiger partial charge on any atom is -0.490 e. The van der Waals surface area contributed by atoms with E-state index >= 15 is 0 Å². The fourth-order valence-corrected chi connectivity index (χ4v) is 3.57. The zero-order valence-electron chi connectivity index (χ0n) is 15.7. The second-order valence-electron chi connectivity index (χ2n) is 7.06. The van der Waals surface area contributed by atoms with Crippen LogP contribution in [0.1, 0.15) is 30.4 Å². The molecule has 2 atom stereocenters. The van der Waals surface area contributed by atoms with Crippen molar-refractivity contribution in [1.82, 2.24) is 4.90 Å². The standard InChI is InChI=1S/C22H24FN3O2/c23-20-9-3-1-6-16(20)12-18(25)13-22(27)26-11-5-8-19(26)15-28-21-10-4-2-7-17(21)14-24/h1-4,6-7,9-10,18-19H,5,8,11-13,15,25H2/t18?,19-/m0/s1. The van der Waals surface area contributed by atoms with E-state index in [1.807, 2.05) is 6.07 Å². The van der Waals surface area contributed by atoms with E-state index in [0.717, 1.165) is 12.8 Å². The van der Waals surface area contributed by atoms with Crippen LogP contribution in [-0.2, 0) is 11.2 Å². The molecule has 28 heavy (non-hydrogen) atoms. The molecule has 0 aliphatic carbocycles. The molecule has 1 saturated heterocycles. The lowest BCUT2D eigenvalue weighted by molar-refractivity contribution is -0.132. The molecule has 1 fully saturated rings. The lowest BCUT2D eigenvalue weighted by Crippen LogP contribution is -2.42. The number of carbonyl (C=O) groups is 1. The zero-order valence-corrected chi connectivity index (χ0v) is 15.7. The molecule has 1 heterocycles. The van der Waals surface area contributed by atoms with Crippen LogP contribution in [0.2, 0.25) is 0 Å². The van der Waals surface area contributed by atoms with Crippen LogP contribution in [-0.4, -0.2) is 36.0 Å². The summed E-state index contributed by atoms with van der Waals surface area (Å²) in [5.41, 5.74) is 7.11. The molecule has 1 aliphatic rings. The highest BCUT2D eigenvalue weighted by molar-refractivity contribution is 5.77. The molecule has 5 nitrogen and oxygen atoms in total. The predicted molar refractivity (Wildman–Crippen MR) is 104 cm³/mol. The molecule has 2 aromatic rings. The maximum Gasteiger partial charge on any atom is 0.224 e. The number of amides is 1. The largest absolute Gasteiger partial charge is 0.490 e. The van der Waals surface area contributed by atoms with E-state index in [0.29, 0.717) is 36.4 Å². The first-order valence-electron chi connectivity index (χ1n) is 9.49. The summed E-state index contributed by atoms with van der Waals surface area (Å²) in [6, 6.07) is 15.2. The lowest BCUT2D eigenvalue weighted by atomic mass is 10.0. The Morgan fingerprint density at radius 2 is 2.04 bits per heavy atom. The number of hydrogen-bond donors (Lipinski definition) is 1. The van der Waals surface area contributed by atoms with Gasteiger partial charge in [-0.1, -0.05) is 30.3 Å². The van der Waals surface area contributed by atoms with Gasteiger partial charge < -0.3 is 15.4 Å². The van der Waals surface area contributed by atoms with E-state index in [9.17, 15) is 9.18 Å². The third kappa shape index (κ3) is 4.87. The first kappa shape index (κ1) is 19.8. The SMILES string of the molecule is N#Cc1ccccc1OC[C@@H]1CCCN1C(=O)CC(N)Cc1ccccc1F. The fraction of sp³-hybridized carbons (Fsp3) is 0.364. The van der Waals surface area contributed by atoms with Crippen molar-refractivity contribution in [2.75, 3.05) is 13.2 Å². The lowest BCUT2D eigenvalue weighted by Gasteiger charge is -2.26. The Morgan fingerprint density at radius 3 is 2.82 bits per heavy atom. The summed E-state index contributed by atoms with van der Waals surface area (Å²) < 4.78 is 19.6. The topological polar surface area (TPSA) is 79.3 Å². The van der Waals surface area contributed by atoms with Crippen LogP contribution in [0.15, 0.2) is 48.5 Å². The van der Waals surface area contributed by atoms with Gasteiger partial charge in [0.15, 0.2) is 0 Å². The minimum absolute atomic E-state index is 0.0384. The number of hydrogen-bond acceptors (Lipinski definition) is 4. The van der Waals surface area contributed by atoms with Gasteiger partial charge in [-0.25, -0.2) is 4.39 Å². The van der Waals surface area contributed by atoms with Crippen molar-refractivity contribution in [3.63, 3.8) is 0 Å². The monoisotopic (exact) mass is 381 g/mol. The second-order valence-corrected chi connectivity index (χ2v) is 7.06. The molecule has 0 saturated carbocycles. The van der Waals surface area contributed by atoms with E-state index in [1.165, 1.54) is 6.07 Å². The second kappa shape index (κ2) is 9.34. The Hall–Kier alpha value is -2.91. The summed E-state index contributed by atoms with van der Waals surface area (Å²) in [6.45, 7) is 1.01. The highest BCUT2D eigenvalue weighted by atomic mass is 19.1. The summed E-state index contributed by atoms with van der Waals surface area (Å²) in [4.78, 5) is 14.5. The third-order valence-electron chi connectivity index (χ3n) is 5.01. The number of nitrogens with zero attached hydrogens (tertiary/aromatic N) is 2. The van der Waals surface area contributed by atoms with Crippen LogP contribution in [0.4, 0.5) is 4.39 Å². The van der Waals surface area contributed by atoms with Crippen molar-refractivity contribution in [3.05, 3.63) is 65.5 Å². The van der Waals surface area contributed by atoms with Gasteiger partial charge in [-0.3, -0.25) is 4.79 Å². The molecule has 2 aromatic carbocycles. The Labute approximate surface area is 164 Å². The third-order valence-corrected chi connectivity index (χ3v) is 5.01. The van der Waals surface area contributed by atoms with Crippen LogP contribution in [0.5, 0.6) is 5.75 Å². The minimum atomic E-state index is -0.439. The molecule has 0 radical (unpaired) electrons. The first-order chi connectivity index (χ1) is 13.6. The van der Waals surface area contributed by atoms with Gasteiger partial charge in [0, 0.05) is 19.0 Å². The van der Waals surface area contributed by atoms with Gasteiger partial charge >= 0.3 is 0 Å². The molecule has 2 N–H and O–H groups in total. The van der Waals surface area contributed by atoms with E-state index in [4.69, 9.17) is 15.7 Å². The van der Waals surface area contributed by atoms with Gasteiger partial charge in [0.25, 0.3) is 0 Å². The van der Waals surface area contributed by atoms with Crippen LogP contribution in [0.3, 0.4) is 0 Å². The van der Waals surface area contributed by atoms with Gasteiger partial charge in [-0.2, -0.15) is 5.26 Å². The number of para-hydroxylation sites is 1. The Morgan fingerprint density at radius 1 is 1.29 bits per heavy atom. The summed E-state index contributed by atoms with van der Waals surface area (Å²) in [5.74, 6) is 0.193. The maximum atomic E-state index is 13.8. The molecule has 6 heteroatoms. The highest BCUT2D eigenvalue weighted by Gasteiger charge is 2.30. The molecule has 3 rings (SSSR count). The maximum absolute atomic E-state index is 13.8. The summed E-state index contributed by atoms with van der Waals surface area (Å²) in [5, 5.41) is 9.16. The zero-order chi connectivity index (χ0) is 19.9. The van der Waals surface area contributed by atoms with Gasteiger partial charge in [0.2, 0.25) is 5.91 Å². The first-order valence-corrected chi connectivity index (χ1v) is 9.49. The summed E-state index contributed by atoms with van der Waals surface area (Å²) >= 11 is 0. The van der Waals surface area contributed by atoms with Crippen LogP contribution >= 0.6 is 0 Å². The molecular weight excluding hydrogens is 357 g/mol. The van der Waals surface area contributed by atoms with Crippen molar-refractivity contribution in [2.24, 2.45) is 5.73 Å². The average molecular weight is 381 g/mol. The number of halogens is 1. The molecule has 0 spiro atoms. The van der Waals surface area contributed by atoms with Crippen LogP contribution in [0.25, 0.3) is 0 Å². The smallest absolute Gasteiger partial charge is 0.224 e. The molecule has 146 valence electrons. The molecule has 1 amide bonds.